The summed E-state index contributed by atoms with van der Waals surface area (Å²) in [6, 6.07) is 17.8. The number of thiazole rings is 1. The second kappa shape index (κ2) is 11.7. The summed E-state index contributed by atoms with van der Waals surface area (Å²) in [6.45, 7) is 4.01. The molecule has 3 aromatic carbocycles. The number of thioether (sulfide) groups is 1. The topological polar surface area (TPSA) is 149 Å². The molecule has 0 saturated carbocycles. The summed E-state index contributed by atoms with van der Waals surface area (Å²) in [4.78, 5) is 67.9. The number of nitro groups is 1. The van der Waals surface area contributed by atoms with E-state index in [1.165, 1.54) is 42.5 Å². The summed E-state index contributed by atoms with van der Waals surface area (Å²) >= 11 is 1.99. The first-order chi connectivity index (χ1) is 21.2. The fraction of sp³-hybridized carbons (Fsp3) is 0.226. The SMILES string of the molecule is CCOC(=O)c1ccc(N2C(=O)[C@H]3[C@H](c4cc([N+](=O)[O-])ccc4OCc4ccc(C)cc4)c4sc(=O)[nH]c4S[C@H]3C2=O)cc1. The first-order valence-corrected chi connectivity index (χ1v) is 15.4. The van der Waals surface area contributed by atoms with Crippen LogP contribution in [0.3, 0.4) is 0 Å². The molecule has 224 valence electrons. The normalized spacial score (nSPS) is 19.0. The van der Waals surface area contributed by atoms with Crippen LogP contribution in [0, 0.1) is 23.0 Å². The molecule has 0 unspecified atom stereocenters. The lowest BCUT2D eigenvalue weighted by molar-refractivity contribution is -0.385. The predicted molar refractivity (Wildman–Crippen MR) is 163 cm³/mol. The number of H-pyrrole nitrogens is 1. The molecule has 1 aromatic heterocycles. The molecular formula is C31H25N3O8S2. The van der Waals surface area contributed by atoms with Crippen LogP contribution in [-0.2, 0) is 20.9 Å². The van der Waals surface area contributed by atoms with Gasteiger partial charge in [-0.05, 0) is 49.7 Å². The van der Waals surface area contributed by atoms with Crippen LogP contribution in [0.2, 0.25) is 0 Å². The maximum atomic E-state index is 14.2. The molecule has 0 aliphatic carbocycles. The van der Waals surface area contributed by atoms with Crippen molar-refractivity contribution in [1.29, 1.82) is 0 Å². The summed E-state index contributed by atoms with van der Waals surface area (Å²) in [5.74, 6) is -3.11. The average Bonchev–Trinajstić information content (AvgIpc) is 3.51. The number of amides is 2. The number of nitro benzene ring substituents is 1. The quantitative estimate of drug-likeness (QED) is 0.120. The van der Waals surface area contributed by atoms with Gasteiger partial charge in [-0.1, -0.05) is 52.9 Å². The van der Waals surface area contributed by atoms with E-state index in [0.717, 1.165) is 39.1 Å². The van der Waals surface area contributed by atoms with E-state index in [9.17, 15) is 29.3 Å². The monoisotopic (exact) mass is 631 g/mol. The molecule has 0 radical (unpaired) electrons. The van der Waals surface area contributed by atoms with Gasteiger partial charge in [0.05, 0.1) is 33.7 Å². The van der Waals surface area contributed by atoms with Crippen molar-refractivity contribution in [2.24, 2.45) is 5.92 Å². The Morgan fingerprint density at radius 3 is 2.43 bits per heavy atom. The molecule has 6 rings (SSSR count). The molecular weight excluding hydrogens is 606 g/mol. The van der Waals surface area contributed by atoms with Crippen molar-refractivity contribution in [2.45, 2.75) is 36.6 Å². The Hall–Kier alpha value is -4.75. The van der Waals surface area contributed by atoms with Crippen LogP contribution in [0.1, 0.15) is 44.8 Å². The molecule has 2 aliphatic rings. The first-order valence-electron chi connectivity index (χ1n) is 13.7. The van der Waals surface area contributed by atoms with Crippen molar-refractivity contribution >= 4 is 52.3 Å². The van der Waals surface area contributed by atoms with E-state index in [1.54, 1.807) is 6.92 Å². The number of aromatic nitrogens is 1. The van der Waals surface area contributed by atoms with Crippen LogP contribution >= 0.6 is 23.1 Å². The van der Waals surface area contributed by atoms with Crippen molar-refractivity contribution in [3.05, 3.63) is 114 Å². The molecule has 3 atom stereocenters. The van der Waals surface area contributed by atoms with E-state index in [-0.39, 0.29) is 35.0 Å². The Labute approximate surface area is 259 Å². The van der Waals surface area contributed by atoms with Gasteiger partial charge in [0.15, 0.2) is 0 Å². The van der Waals surface area contributed by atoms with Crippen molar-refractivity contribution in [1.82, 2.24) is 4.98 Å². The highest BCUT2D eigenvalue weighted by Crippen LogP contribution is 2.55. The largest absolute Gasteiger partial charge is 0.489 e. The Bertz CT molecular complexity index is 1850. The minimum atomic E-state index is -0.986. The van der Waals surface area contributed by atoms with Crippen LogP contribution in [0.5, 0.6) is 5.75 Å². The zero-order valence-corrected chi connectivity index (χ0v) is 25.1. The highest BCUT2D eigenvalue weighted by Gasteiger charge is 2.57. The van der Waals surface area contributed by atoms with Gasteiger partial charge >= 0.3 is 10.8 Å². The number of non-ortho nitro benzene ring substituents is 1. The second-order valence-corrected chi connectivity index (χ2v) is 12.4. The smallest absolute Gasteiger partial charge is 0.338 e. The third-order valence-corrected chi connectivity index (χ3v) is 9.92. The van der Waals surface area contributed by atoms with Gasteiger partial charge in [-0.3, -0.25) is 24.5 Å². The lowest BCUT2D eigenvalue weighted by atomic mass is 9.82. The third-order valence-electron chi connectivity index (χ3n) is 7.51. The molecule has 3 heterocycles. The number of anilines is 1. The molecule has 2 aliphatic heterocycles. The van der Waals surface area contributed by atoms with Crippen LogP contribution in [-0.4, -0.2) is 39.5 Å². The van der Waals surface area contributed by atoms with E-state index in [4.69, 9.17) is 9.47 Å². The Morgan fingerprint density at radius 1 is 1.02 bits per heavy atom. The number of carbonyl (C=O) groups excluding carboxylic acids is 3. The number of aromatic amines is 1. The van der Waals surface area contributed by atoms with Crippen LogP contribution in [0.15, 0.2) is 76.6 Å². The first kappa shape index (κ1) is 29.3. The van der Waals surface area contributed by atoms with E-state index in [2.05, 4.69) is 4.98 Å². The van der Waals surface area contributed by atoms with Crippen molar-refractivity contribution < 1.29 is 28.8 Å². The number of ether oxygens (including phenoxy) is 2. The highest BCUT2D eigenvalue weighted by molar-refractivity contribution is 8.00. The number of esters is 1. The minimum Gasteiger partial charge on any atom is -0.489 e. The number of aryl methyl sites for hydroxylation is 1. The van der Waals surface area contributed by atoms with Crippen molar-refractivity contribution in [3.8, 4) is 5.75 Å². The Morgan fingerprint density at radius 2 is 1.75 bits per heavy atom. The number of fused-ring (bicyclic) bond motifs is 2. The van der Waals surface area contributed by atoms with Crippen molar-refractivity contribution in [2.75, 3.05) is 11.5 Å². The summed E-state index contributed by atoms with van der Waals surface area (Å²) < 4.78 is 11.2. The van der Waals surface area contributed by atoms with E-state index >= 15 is 0 Å². The third kappa shape index (κ3) is 5.28. The van der Waals surface area contributed by atoms with Gasteiger partial charge in [0, 0.05) is 28.5 Å². The average molecular weight is 632 g/mol. The zero-order valence-electron chi connectivity index (χ0n) is 23.5. The predicted octanol–water partition coefficient (Wildman–Crippen LogP) is 5.20. The number of nitrogens with zero attached hydrogens (tertiary/aromatic N) is 2. The maximum absolute atomic E-state index is 14.2. The molecule has 13 heteroatoms. The molecule has 11 nitrogen and oxygen atoms in total. The standard InChI is InChI=1S/C31H25N3O8S2/c1-3-41-30(37)18-8-10-19(11-9-18)33-28(35)24-23(25-27(32-31(38)44-25)43-26(24)29(33)36)21-14-20(34(39)40)12-13-22(21)42-15-17-6-4-16(2)5-7-17/h4-14,23-24,26H,3,15H2,1-2H3,(H,32,38)/t23-,24-,26+/m0/s1. The van der Waals surface area contributed by atoms with E-state index in [1.807, 2.05) is 31.2 Å². The molecule has 0 spiro atoms. The van der Waals surface area contributed by atoms with Crippen LogP contribution < -0.4 is 14.5 Å². The van der Waals surface area contributed by atoms with Crippen molar-refractivity contribution in [3.63, 3.8) is 0 Å². The van der Waals surface area contributed by atoms with Gasteiger partial charge in [0.25, 0.3) is 5.69 Å². The van der Waals surface area contributed by atoms with Gasteiger partial charge < -0.3 is 14.5 Å². The number of rotatable bonds is 8. The number of imide groups is 1. The number of hydrogen-bond donors (Lipinski definition) is 1. The van der Waals surface area contributed by atoms with E-state index in [0.29, 0.717) is 21.2 Å². The Balaban J connectivity index is 1.42. The van der Waals surface area contributed by atoms with E-state index < -0.39 is 39.8 Å². The number of carbonyl (C=O) groups is 3. The lowest BCUT2D eigenvalue weighted by Gasteiger charge is -2.30. The number of hydrogen-bond acceptors (Lipinski definition) is 10. The van der Waals surface area contributed by atoms with Gasteiger partial charge in [0.1, 0.15) is 17.6 Å². The van der Waals surface area contributed by atoms with Crippen LogP contribution in [0.25, 0.3) is 0 Å². The zero-order chi connectivity index (χ0) is 31.1. The number of benzene rings is 3. The summed E-state index contributed by atoms with van der Waals surface area (Å²) in [5.41, 5.74) is 2.60. The van der Waals surface area contributed by atoms with Gasteiger partial charge in [-0.25, -0.2) is 9.69 Å². The molecule has 2 amide bonds. The molecule has 1 fully saturated rings. The molecule has 44 heavy (non-hydrogen) atoms. The van der Waals surface area contributed by atoms with Gasteiger partial charge in [-0.15, -0.1) is 0 Å². The number of nitrogens with one attached hydrogen (secondary N) is 1. The minimum absolute atomic E-state index is 0.155. The summed E-state index contributed by atoms with van der Waals surface area (Å²) in [5, 5.41) is 11.4. The molecule has 1 saturated heterocycles. The Kier molecular flexibility index (Phi) is 7.82. The molecule has 4 aromatic rings. The fourth-order valence-corrected chi connectivity index (χ4v) is 7.94. The maximum Gasteiger partial charge on any atom is 0.338 e. The second-order valence-electron chi connectivity index (χ2n) is 10.3. The van der Waals surface area contributed by atoms with Gasteiger partial charge in [0.2, 0.25) is 11.8 Å². The van der Waals surface area contributed by atoms with Gasteiger partial charge in [-0.2, -0.15) is 0 Å². The fourth-order valence-electron chi connectivity index (χ4n) is 5.44. The highest BCUT2D eigenvalue weighted by atomic mass is 32.2. The lowest BCUT2D eigenvalue weighted by Crippen LogP contribution is -2.32. The van der Waals surface area contributed by atoms with Crippen LogP contribution in [0.4, 0.5) is 11.4 Å². The summed E-state index contributed by atoms with van der Waals surface area (Å²) in [6.07, 6.45) is 0. The summed E-state index contributed by atoms with van der Waals surface area (Å²) in [7, 11) is 0. The molecule has 1 N–H and O–H groups in total. The molecule has 0 bridgehead atoms.